The summed E-state index contributed by atoms with van der Waals surface area (Å²) in [6.07, 6.45) is 2.94. The smallest absolute Gasteiger partial charge is 0.103 e. The first-order chi connectivity index (χ1) is 7.79. The van der Waals surface area contributed by atoms with Crippen molar-refractivity contribution < 1.29 is 5.21 Å². The number of oxime groups is 1. The molecule has 3 rings (SSSR count). The van der Waals surface area contributed by atoms with Crippen molar-refractivity contribution in [2.75, 3.05) is 0 Å². The minimum Gasteiger partial charge on any atom is -0.411 e. The lowest BCUT2D eigenvalue weighted by Crippen LogP contribution is -2.10. The second kappa shape index (κ2) is 3.63. The Balaban J connectivity index is 2.33. The topological polar surface area (TPSA) is 48.4 Å². The van der Waals surface area contributed by atoms with Crippen molar-refractivity contribution in [3.63, 3.8) is 0 Å². The second-order valence-corrected chi connectivity index (χ2v) is 4.98. The molecule has 1 aromatic heterocycles. The molecule has 0 unspecified atom stereocenters. The van der Waals surface area contributed by atoms with Gasteiger partial charge in [-0.15, -0.1) is 0 Å². The number of H-pyrrole nitrogens is 1. The van der Waals surface area contributed by atoms with Crippen LogP contribution in [-0.2, 0) is 6.42 Å². The summed E-state index contributed by atoms with van der Waals surface area (Å²) in [7, 11) is 0. The van der Waals surface area contributed by atoms with Crippen LogP contribution in [0.1, 0.15) is 24.1 Å². The highest BCUT2D eigenvalue weighted by Gasteiger charge is 2.20. The minimum atomic E-state index is 0.772. The van der Waals surface area contributed by atoms with E-state index in [0.29, 0.717) is 0 Å². The third-order valence-electron chi connectivity index (χ3n) is 3.12. The zero-order valence-corrected chi connectivity index (χ0v) is 10.2. The monoisotopic (exact) mass is 278 g/mol. The molecule has 2 aromatic rings. The highest BCUT2D eigenvalue weighted by Crippen LogP contribution is 2.31. The molecular formula is C12H11BrN2O. The molecule has 16 heavy (non-hydrogen) atoms. The number of halogens is 1. The van der Waals surface area contributed by atoms with E-state index < -0.39 is 0 Å². The van der Waals surface area contributed by atoms with Crippen LogP contribution in [0.15, 0.2) is 27.8 Å². The van der Waals surface area contributed by atoms with Gasteiger partial charge < -0.3 is 10.2 Å². The molecule has 0 saturated heterocycles. The molecule has 2 N–H and O–H groups in total. The van der Waals surface area contributed by atoms with Gasteiger partial charge in [0.1, 0.15) is 5.71 Å². The highest BCUT2D eigenvalue weighted by molar-refractivity contribution is 9.10. The summed E-state index contributed by atoms with van der Waals surface area (Å²) in [5.41, 5.74) is 4.15. The maximum atomic E-state index is 8.98. The zero-order chi connectivity index (χ0) is 11.1. The van der Waals surface area contributed by atoms with Gasteiger partial charge in [-0.25, -0.2) is 0 Å². The summed E-state index contributed by atoms with van der Waals surface area (Å²) in [6, 6.07) is 6.18. The van der Waals surface area contributed by atoms with Crippen LogP contribution in [0.4, 0.5) is 0 Å². The second-order valence-electron chi connectivity index (χ2n) is 4.07. The van der Waals surface area contributed by atoms with Gasteiger partial charge in [0.05, 0.1) is 5.69 Å². The van der Waals surface area contributed by atoms with E-state index >= 15 is 0 Å². The first-order valence-corrected chi connectivity index (χ1v) is 6.10. The van der Waals surface area contributed by atoms with E-state index in [9.17, 15) is 0 Å². The molecule has 1 heterocycles. The third kappa shape index (κ3) is 1.37. The quantitative estimate of drug-likeness (QED) is 0.563. The Labute approximate surface area is 101 Å². The van der Waals surface area contributed by atoms with Gasteiger partial charge in [0.15, 0.2) is 0 Å². The fraction of sp³-hybridized carbons (Fsp3) is 0.250. The lowest BCUT2D eigenvalue weighted by atomic mass is 9.94. The van der Waals surface area contributed by atoms with Crippen LogP contribution in [0, 0.1) is 0 Å². The number of nitrogens with one attached hydrogen (secondary N) is 1. The van der Waals surface area contributed by atoms with Gasteiger partial charge in [0.2, 0.25) is 0 Å². The molecule has 0 radical (unpaired) electrons. The van der Waals surface area contributed by atoms with Crippen LogP contribution >= 0.6 is 15.9 Å². The SMILES string of the molecule is O/N=C1/CCCc2c1[nH]c1ccc(Br)cc21. The molecule has 0 fully saturated rings. The number of benzene rings is 1. The van der Waals surface area contributed by atoms with Crippen LogP contribution in [0.25, 0.3) is 10.9 Å². The Bertz CT molecular complexity index is 586. The Morgan fingerprint density at radius 1 is 1.31 bits per heavy atom. The van der Waals surface area contributed by atoms with E-state index in [4.69, 9.17) is 5.21 Å². The van der Waals surface area contributed by atoms with Gasteiger partial charge in [-0.1, -0.05) is 21.1 Å². The van der Waals surface area contributed by atoms with Crippen molar-refractivity contribution >= 4 is 32.5 Å². The van der Waals surface area contributed by atoms with Crippen molar-refractivity contribution in [1.82, 2.24) is 4.98 Å². The van der Waals surface area contributed by atoms with E-state index in [1.54, 1.807) is 0 Å². The molecule has 0 spiro atoms. The fourth-order valence-corrected chi connectivity index (χ4v) is 2.74. The standard InChI is InChI=1S/C12H11BrN2O/c13-7-4-5-10-9(6-7)8-2-1-3-11(15-16)12(8)14-10/h4-6,14,16H,1-3H2/b15-11-. The van der Waals surface area contributed by atoms with Crippen LogP contribution in [0.5, 0.6) is 0 Å². The molecule has 3 nitrogen and oxygen atoms in total. The Kier molecular flexibility index (Phi) is 2.24. The van der Waals surface area contributed by atoms with Crippen molar-refractivity contribution in [2.45, 2.75) is 19.3 Å². The predicted molar refractivity (Wildman–Crippen MR) is 67.3 cm³/mol. The van der Waals surface area contributed by atoms with Crippen LogP contribution in [-0.4, -0.2) is 15.9 Å². The number of aryl methyl sites for hydroxylation is 1. The molecule has 4 heteroatoms. The van der Waals surface area contributed by atoms with Crippen LogP contribution in [0.2, 0.25) is 0 Å². The maximum absolute atomic E-state index is 8.98. The van der Waals surface area contributed by atoms with Crippen LogP contribution < -0.4 is 0 Å². The first kappa shape index (κ1) is 9.90. The van der Waals surface area contributed by atoms with Crippen molar-refractivity contribution in [3.05, 3.63) is 33.9 Å². The first-order valence-electron chi connectivity index (χ1n) is 5.31. The number of aromatic amines is 1. The summed E-state index contributed by atoms with van der Waals surface area (Å²) in [5.74, 6) is 0. The number of aromatic nitrogens is 1. The summed E-state index contributed by atoms with van der Waals surface area (Å²) < 4.78 is 1.08. The lowest BCUT2D eigenvalue weighted by Gasteiger charge is -2.12. The molecule has 0 amide bonds. The Morgan fingerprint density at radius 2 is 2.19 bits per heavy atom. The van der Waals surface area contributed by atoms with Gasteiger partial charge in [-0.2, -0.15) is 0 Å². The van der Waals surface area contributed by atoms with E-state index in [-0.39, 0.29) is 0 Å². The molecule has 1 aliphatic rings. The van der Waals surface area contributed by atoms with E-state index in [1.807, 2.05) is 12.1 Å². The number of fused-ring (bicyclic) bond motifs is 3. The van der Waals surface area contributed by atoms with Crippen LogP contribution in [0.3, 0.4) is 0 Å². The van der Waals surface area contributed by atoms with Crippen molar-refractivity contribution in [3.8, 4) is 0 Å². The van der Waals surface area contributed by atoms with E-state index in [1.165, 1.54) is 10.9 Å². The molecule has 0 saturated carbocycles. The van der Waals surface area contributed by atoms with Crippen molar-refractivity contribution in [2.24, 2.45) is 5.16 Å². The Hall–Kier alpha value is -1.29. The minimum absolute atomic E-state index is 0.772. The van der Waals surface area contributed by atoms with Gasteiger partial charge in [-0.3, -0.25) is 0 Å². The number of rotatable bonds is 0. The lowest BCUT2D eigenvalue weighted by molar-refractivity contribution is 0.317. The Morgan fingerprint density at radius 3 is 3.00 bits per heavy atom. The van der Waals surface area contributed by atoms with Crippen molar-refractivity contribution in [1.29, 1.82) is 0 Å². The normalized spacial score (nSPS) is 17.9. The average molecular weight is 279 g/mol. The van der Waals surface area contributed by atoms with Gasteiger partial charge >= 0.3 is 0 Å². The third-order valence-corrected chi connectivity index (χ3v) is 3.61. The summed E-state index contributed by atoms with van der Waals surface area (Å²) in [5, 5.41) is 13.6. The number of nitrogens with zero attached hydrogens (tertiary/aromatic N) is 1. The summed E-state index contributed by atoms with van der Waals surface area (Å²) in [6.45, 7) is 0. The average Bonchev–Trinajstić information content (AvgIpc) is 2.67. The van der Waals surface area contributed by atoms with E-state index in [2.05, 4.69) is 32.1 Å². The molecule has 0 bridgehead atoms. The van der Waals surface area contributed by atoms with Gasteiger partial charge in [0.25, 0.3) is 0 Å². The zero-order valence-electron chi connectivity index (χ0n) is 8.63. The predicted octanol–water partition coefficient (Wildman–Crippen LogP) is 3.45. The molecule has 1 aromatic carbocycles. The number of hydrogen-bond donors (Lipinski definition) is 2. The highest BCUT2D eigenvalue weighted by atomic mass is 79.9. The molecule has 1 aliphatic carbocycles. The molecule has 82 valence electrons. The molecule has 0 aliphatic heterocycles. The van der Waals surface area contributed by atoms with E-state index in [0.717, 1.165) is 40.7 Å². The molecule has 0 atom stereocenters. The van der Waals surface area contributed by atoms with Gasteiger partial charge in [0, 0.05) is 15.4 Å². The summed E-state index contributed by atoms with van der Waals surface area (Å²) >= 11 is 3.48. The maximum Gasteiger partial charge on any atom is 0.103 e. The van der Waals surface area contributed by atoms with Gasteiger partial charge in [-0.05, 0) is 43.0 Å². The summed E-state index contributed by atoms with van der Waals surface area (Å²) in [4.78, 5) is 3.33. The largest absolute Gasteiger partial charge is 0.411 e. The number of hydrogen-bond acceptors (Lipinski definition) is 2. The molecular weight excluding hydrogens is 268 g/mol. The fourth-order valence-electron chi connectivity index (χ4n) is 2.38.